The number of carboxylic acid groups (broad SMARTS) is 1. The third-order valence-electron chi connectivity index (χ3n) is 9.58. The summed E-state index contributed by atoms with van der Waals surface area (Å²) in [6.45, 7) is 4.55. The van der Waals surface area contributed by atoms with Gasteiger partial charge >= 0.3 is 11.9 Å². The summed E-state index contributed by atoms with van der Waals surface area (Å²) in [4.78, 5) is 23.3. The molecule has 4 heteroatoms. The number of carbonyl (C=O) groups excluding carboxylic acids is 1. The van der Waals surface area contributed by atoms with E-state index >= 15 is 0 Å². The predicted molar refractivity (Wildman–Crippen MR) is 195 cm³/mol. The van der Waals surface area contributed by atoms with E-state index < -0.39 is 5.97 Å². The van der Waals surface area contributed by atoms with Gasteiger partial charge in [0, 0.05) is 12.8 Å². The molecule has 0 spiro atoms. The van der Waals surface area contributed by atoms with Gasteiger partial charge in [0.05, 0.1) is 0 Å². The fourth-order valence-electron chi connectivity index (χ4n) is 6.54. The monoisotopic (exact) mass is 637 g/mol. The van der Waals surface area contributed by atoms with Crippen molar-refractivity contribution in [2.45, 2.75) is 251 Å². The van der Waals surface area contributed by atoms with Gasteiger partial charge in [-0.25, -0.2) is 0 Å². The highest BCUT2D eigenvalue weighted by molar-refractivity contribution is 5.69. The first-order chi connectivity index (χ1) is 22.1. The minimum Gasteiger partial charge on any atom is -0.481 e. The van der Waals surface area contributed by atoms with Crippen molar-refractivity contribution >= 4 is 11.9 Å². The van der Waals surface area contributed by atoms with Crippen LogP contribution in [0, 0.1) is 0 Å². The molecule has 0 saturated heterocycles. The lowest BCUT2D eigenvalue weighted by atomic mass is 10.0. The predicted octanol–water partition coefficient (Wildman–Crippen LogP) is 14.1. The van der Waals surface area contributed by atoms with Crippen molar-refractivity contribution in [3.05, 3.63) is 0 Å². The molecule has 1 atom stereocenters. The van der Waals surface area contributed by atoms with E-state index in [1.165, 1.54) is 154 Å². The maximum atomic E-state index is 12.6. The number of carbonyl (C=O) groups is 2. The standard InChI is InChI=1S/C41H80O4/c1-3-5-7-9-11-12-13-14-15-16-17-18-19-20-21-22-23-25-30-34-38-41(44)45-39(35-31-27-24-10-8-6-4-2)36-32-28-26-29-33-37-40(42)43/h39H,3-38H2,1-2H3,(H,42,43). The van der Waals surface area contributed by atoms with Gasteiger partial charge in [0.15, 0.2) is 0 Å². The lowest BCUT2D eigenvalue weighted by Gasteiger charge is -2.18. The van der Waals surface area contributed by atoms with E-state index in [4.69, 9.17) is 9.84 Å². The third kappa shape index (κ3) is 37.3. The number of ether oxygens (including phenoxy) is 1. The first-order valence-electron chi connectivity index (χ1n) is 20.5. The van der Waals surface area contributed by atoms with Gasteiger partial charge in [-0.1, -0.05) is 194 Å². The van der Waals surface area contributed by atoms with Gasteiger partial charge in [-0.15, -0.1) is 0 Å². The molecule has 45 heavy (non-hydrogen) atoms. The lowest BCUT2D eigenvalue weighted by molar-refractivity contribution is -0.150. The number of hydrogen-bond donors (Lipinski definition) is 1. The molecule has 0 aliphatic rings. The summed E-state index contributed by atoms with van der Waals surface area (Å²) < 4.78 is 5.98. The molecule has 0 rings (SSSR count). The van der Waals surface area contributed by atoms with Gasteiger partial charge in [0.2, 0.25) is 0 Å². The van der Waals surface area contributed by atoms with Crippen LogP contribution < -0.4 is 0 Å². The maximum absolute atomic E-state index is 12.6. The molecular formula is C41H80O4. The summed E-state index contributed by atoms with van der Waals surface area (Å²) in [5, 5.41) is 8.79. The number of unbranched alkanes of at least 4 members (excludes halogenated alkanes) is 29. The Bertz CT molecular complexity index is 604. The molecule has 1 unspecified atom stereocenters. The molecule has 0 aromatic carbocycles. The second-order valence-electron chi connectivity index (χ2n) is 14.2. The molecule has 0 aromatic rings. The average molecular weight is 637 g/mol. The minimum atomic E-state index is -0.697. The fraction of sp³-hybridized carbons (Fsp3) is 0.951. The van der Waals surface area contributed by atoms with E-state index in [1.54, 1.807) is 0 Å². The molecule has 0 fully saturated rings. The lowest BCUT2D eigenvalue weighted by Crippen LogP contribution is -2.18. The van der Waals surface area contributed by atoms with E-state index in [1.807, 2.05) is 0 Å². The van der Waals surface area contributed by atoms with Crippen LogP contribution in [-0.4, -0.2) is 23.1 Å². The second-order valence-corrected chi connectivity index (χ2v) is 14.2. The van der Waals surface area contributed by atoms with Gasteiger partial charge in [-0.3, -0.25) is 9.59 Å². The Morgan fingerprint density at radius 1 is 0.400 bits per heavy atom. The molecule has 0 aliphatic carbocycles. The molecule has 268 valence electrons. The van der Waals surface area contributed by atoms with Crippen LogP contribution in [0.25, 0.3) is 0 Å². The highest BCUT2D eigenvalue weighted by atomic mass is 16.5. The van der Waals surface area contributed by atoms with Crippen LogP contribution in [0.3, 0.4) is 0 Å². The Morgan fingerprint density at radius 2 is 0.667 bits per heavy atom. The minimum absolute atomic E-state index is 0.00631. The molecule has 0 radical (unpaired) electrons. The fourth-order valence-corrected chi connectivity index (χ4v) is 6.54. The number of aliphatic carboxylic acids is 1. The van der Waals surface area contributed by atoms with Crippen LogP contribution in [-0.2, 0) is 14.3 Å². The molecule has 0 bridgehead atoms. The highest BCUT2D eigenvalue weighted by Crippen LogP contribution is 2.19. The van der Waals surface area contributed by atoms with Gasteiger partial charge in [0.1, 0.15) is 6.10 Å². The molecule has 0 aliphatic heterocycles. The summed E-state index contributed by atoms with van der Waals surface area (Å²) in [5.74, 6) is -0.691. The quantitative estimate of drug-likeness (QED) is 0.0541. The largest absolute Gasteiger partial charge is 0.481 e. The van der Waals surface area contributed by atoms with E-state index in [0.29, 0.717) is 6.42 Å². The zero-order valence-corrected chi connectivity index (χ0v) is 30.7. The number of rotatable bonds is 38. The summed E-state index contributed by atoms with van der Waals surface area (Å²) in [6, 6.07) is 0. The van der Waals surface area contributed by atoms with Gasteiger partial charge in [0.25, 0.3) is 0 Å². The van der Waals surface area contributed by atoms with Crippen molar-refractivity contribution in [2.24, 2.45) is 0 Å². The molecule has 0 heterocycles. The smallest absolute Gasteiger partial charge is 0.306 e. The van der Waals surface area contributed by atoms with Crippen molar-refractivity contribution < 1.29 is 19.4 Å². The Labute approximate surface area is 282 Å². The van der Waals surface area contributed by atoms with Crippen molar-refractivity contribution in [3.63, 3.8) is 0 Å². The van der Waals surface area contributed by atoms with Crippen LogP contribution in [0.1, 0.15) is 245 Å². The van der Waals surface area contributed by atoms with Crippen LogP contribution in [0.4, 0.5) is 0 Å². The normalized spacial score (nSPS) is 12.0. The zero-order chi connectivity index (χ0) is 32.9. The first-order valence-corrected chi connectivity index (χ1v) is 20.5. The third-order valence-corrected chi connectivity index (χ3v) is 9.58. The summed E-state index contributed by atoms with van der Waals surface area (Å²) in [7, 11) is 0. The average Bonchev–Trinajstić information content (AvgIpc) is 3.02. The summed E-state index contributed by atoms with van der Waals surface area (Å²) in [6.07, 6.45) is 44.2. The Hall–Kier alpha value is -1.06. The van der Waals surface area contributed by atoms with Crippen LogP contribution in [0.5, 0.6) is 0 Å². The van der Waals surface area contributed by atoms with Crippen LogP contribution in [0.15, 0.2) is 0 Å². The number of carboxylic acids is 1. The molecule has 0 aromatic heterocycles. The van der Waals surface area contributed by atoms with Gasteiger partial charge in [-0.05, 0) is 38.5 Å². The van der Waals surface area contributed by atoms with E-state index in [0.717, 1.165) is 64.2 Å². The van der Waals surface area contributed by atoms with Crippen LogP contribution in [0.2, 0.25) is 0 Å². The molecular weight excluding hydrogens is 556 g/mol. The molecule has 1 N–H and O–H groups in total. The maximum Gasteiger partial charge on any atom is 0.306 e. The van der Waals surface area contributed by atoms with Crippen molar-refractivity contribution in [3.8, 4) is 0 Å². The first kappa shape index (κ1) is 43.9. The number of esters is 1. The second kappa shape index (κ2) is 37.4. The molecule has 0 amide bonds. The van der Waals surface area contributed by atoms with Crippen molar-refractivity contribution in [1.82, 2.24) is 0 Å². The highest BCUT2D eigenvalue weighted by Gasteiger charge is 2.14. The van der Waals surface area contributed by atoms with Crippen LogP contribution >= 0.6 is 0 Å². The topological polar surface area (TPSA) is 63.6 Å². The number of hydrogen-bond acceptors (Lipinski definition) is 3. The summed E-state index contributed by atoms with van der Waals surface area (Å²) >= 11 is 0. The van der Waals surface area contributed by atoms with Crippen molar-refractivity contribution in [2.75, 3.05) is 0 Å². The van der Waals surface area contributed by atoms with Gasteiger partial charge < -0.3 is 9.84 Å². The Balaban J connectivity index is 3.76. The van der Waals surface area contributed by atoms with E-state index in [2.05, 4.69) is 13.8 Å². The SMILES string of the molecule is CCCCCCCCCCCCCCCCCCCCCCC(=O)OC(CCCCCCCCC)CCCCCCCC(=O)O. The van der Waals surface area contributed by atoms with Gasteiger partial charge in [-0.2, -0.15) is 0 Å². The Morgan fingerprint density at radius 3 is 0.978 bits per heavy atom. The summed E-state index contributed by atoms with van der Waals surface area (Å²) in [5.41, 5.74) is 0. The molecule has 4 nitrogen and oxygen atoms in total. The zero-order valence-electron chi connectivity index (χ0n) is 30.7. The van der Waals surface area contributed by atoms with E-state index in [9.17, 15) is 9.59 Å². The van der Waals surface area contributed by atoms with Crippen molar-refractivity contribution in [1.29, 1.82) is 0 Å². The Kier molecular flexibility index (Phi) is 36.5. The van der Waals surface area contributed by atoms with E-state index in [-0.39, 0.29) is 18.5 Å². The molecule has 0 saturated carbocycles.